The average molecular weight is 279 g/mol. The number of hydrogen-bond donors (Lipinski definition) is 0. The fourth-order valence-electron chi connectivity index (χ4n) is 0.694. The number of rotatable bonds is 4. The SMILES string of the molecule is COCCOc1cc(I)ccn1. The monoisotopic (exact) mass is 279 g/mol. The molecule has 4 heteroatoms. The van der Waals surface area contributed by atoms with E-state index in [9.17, 15) is 0 Å². The molecule has 0 atom stereocenters. The van der Waals surface area contributed by atoms with Crippen molar-refractivity contribution in [2.45, 2.75) is 0 Å². The molecule has 0 aliphatic heterocycles. The Morgan fingerprint density at radius 2 is 2.33 bits per heavy atom. The molecule has 0 fully saturated rings. The average Bonchev–Trinajstić information content (AvgIpc) is 2.05. The molecular formula is C8H10INO2. The van der Waals surface area contributed by atoms with Crippen molar-refractivity contribution in [3.05, 3.63) is 21.9 Å². The van der Waals surface area contributed by atoms with Gasteiger partial charge in [-0.05, 0) is 28.7 Å². The molecule has 0 aromatic carbocycles. The zero-order valence-corrected chi connectivity index (χ0v) is 8.95. The number of aromatic nitrogens is 1. The van der Waals surface area contributed by atoms with E-state index >= 15 is 0 Å². The Hall–Kier alpha value is -0.360. The lowest BCUT2D eigenvalue weighted by Gasteiger charge is -2.03. The quantitative estimate of drug-likeness (QED) is 0.621. The zero-order valence-electron chi connectivity index (χ0n) is 6.79. The van der Waals surface area contributed by atoms with E-state index in [-0.39, 0.29) is 0 Å². The van der Waals surface area contributed by atoms with E-state index < -0.39 is 0 Å². The van der Waals surface area contributed by atoms with Crippen LogP contribution in [0.2, 0.25) is 0 Å². The molecule has 0 aliphatic carbocycles. The first-order valence-corrected chi connectivity index (χ1v) is 4.64. The van der Waals surface area contributed by atoms with Gasteiger partial charge in [0.2, 0.25) is 5.88 Å². The fourth-order valence-corrected chi connectivity index (χ4v) is 1.12. The van der Waals surface area contributed by atoms with Crippen LogP contribution in [0, 0.1) is 3.57 Å². The number of ether oxygens (including phenoxy) is 2. The van der Waals surface area contributed by atoms with Gasteiger partial charge in [0.15, 0.2) is 0 Å². The van der Waals surface area contributed by atoms with Crippen molar-refractivity contribution in [2.24, 2.45) is 0 Å². The maximum absolute atomic E-state index is 5.29. The second-order valence-electron chi connectivity index (χ2n) is 2.15. The van der Waals surface area contributed by atoms with Gasteiger partial charge in [0, 0.05) is 22.9 Å². The van der Waals surface area contributed by atoms with Gasteiger partial charge in [0.25, 0.3) is 0 Å². The molecule has 1 aromatic heterocycles. The van der Waals surface area contributed by atoms with Gasteiger partial charge in [0.1, 0.15) is 6.61 Å². The van der Waals surface area contributed by atoms with Crippen LogP contribution in [-0.4, -0.2) is 25.3 Å². The highest BCUT2D eigenvalue weighted by atomic mass is 127. The first-order chi connectivity index (χ1) is 5.83. The van der Waals surface area contributed by atoms with Gasteiger partial charge in [-0.1, -0.05) is 0 Å². The third-order valence-electron chi connectivity index (χ3n) is 1.23. The Balaban J connectivity index is 2.41. The zero-order chi connectivity index (χ0) is 8.81. The first kappa shape index (κ1) is 9.73. The Morgan fingerprint density at radius 1 is 1.50 bits per heavy atom. The summed E-state index contributed by atoms with van der Waals surface area (Å²) < 4.78 is 11.2. The third-order valence-corrected chi connectivity index (χ3v) is 1.91. The number of halogens is 1. The largest absolute Gasteiger partial charge is 0.475 e. The first-order valence-electron chi connectivity index (χ1n) is 3.56. The number of hydrogen-bond acceptors (Lipinski definition) is 3. The van der Waals surface area contributed by atoms with Crippen LogP contribution in [0.3, 0.4) is 0 Å². The summed E-state index contributed by atoms with van der Waals surface area (Å²) in [5, 5.41) is 0. The smallest absolute Gasteiger partial charge is 0.214 e. The summed E-state index contributed by atoms with van der Waals surface area (Å²) in [6.07, 6.45) is 1.73. The van der Waals surface area contributed by atoms with Crippen LogP contribution in [0.5, 0.6) is 5.88 Å². The lowest BCUT2D eigenvalue weighted by atomic mass is 10.5. The summed E-state index contributed by atoms with van der Waals surface area (Å²) in [6.45, 7) is 1.14. The lowest BCUT2D eigenvalue weighted by molar-refractivity contribution is 0.143. The molecule has 3 nitrogen and oxygen atoms in total. The molecule has 1 rings (SSSR count). The van der Waals surface area contributed by atoms with Gasteiger partial charge in [-0.15, -0.1) is 0 Å². The Bertz CT molecular complexity index is 242. The van der Waals surface area contributed by atoms with E-state index in [1.54, 1.807) is 13.3 Å². The molecule has 0 saturated heterocycles. The predicted octanol–water partition coefficient (Wildman–Crippen LogP) is 1.71. The van der Waals surface area contributed by atoms with Crippen LogP contribution in [0.25, 0.3) is 0 Å². The van der Waals surface area contributed by atoms with E-state index in [0.29, 0.717) is 19.1 Å². The van der Waals surface area contributed by atoms with E-state index in [1.165, 1.54) is 0 Å². The second kappa shape index (κ2) is 5.31. The molecule has 0 bridgehead atoms. The predicted molar refractivity (Wildman–Crippen MR) is 54.3 cm³/mol. The van der Waals surface area contributed by atoms with E-state index in [1.807, 2.05) is 12.1 Å². The van der Waals surface area contributed by atoms with Gasteiger partial charge in [-0.2, -0.15) is 0 Å². The maximum Gasteiger partial charge on any atom is 0.214 e. The Morgan fingerprint density at radius 3 is 3.00 bits per heavy atom. The van der Waals surface area contributed by atoms with Gasteiger partial charge in [0.05, 0.1) is 6.61 Å². The molecule has 0 unspecified atom stereocenters. The van der Waals surface area contributed by atoms with Crippen molar-refractivity contribution in [3.8, 4) is 5.88 Å². The van der Waals surface area contributed by atoms with Crippen LogP contribution < -0.4 is 4.74 Å². The molecular weight excluding hydrogens is 269 g/mol. The minimum atomic E-state index is 0.545. The standard InChI is InChI=1S/C8H10INO2/c1-11-4-5-12-8-6-7(9)2-3-10-8/h2-3,6H,4-5H2,1H3. The normalized spacial score (nSPS) is 9.83. The van der Waals surface area contributed by atoms with Crippen molar-refractivity contribution < 1.29 is 9.47 Å². The molecule has 1 aromatic rings. The highest BCUT2D eigenvalue weighted by Gasteiger charge is 1.94. The molecule has 66 valence electrons. The van der Waals surface area contributed by atoms with Crippen LogP contribution in [-0.2, 0) is 4.74 Å². The minimum absolute atomic E-state index is 0.545. The highest BCUT2D eigenvalue weighted by Crippen LogP contribution is 2.10. The molecule has 12 heavy (non-hydrogen) atoms. The lowest BCUT2D eigenvalue weighted by Crippen LogP contribution is -2.05. The molecule has 0 aliphatic rings. The summed E-state index contributed by atoms with van der Waals surface area (Å²) in [4.78, 5) is 4.03. The van der Waals surface area contributed by atoms with Gasteiger partial charge in [-0.3, -0.25) is 0 Å². The second-order valence-corrected chi connectivity index (χ2v) is 3.40. The summed E-state index contributed by atoms with van der Waals surface area (Å²) in [6, 6.07) is 3.81. The highest BCUT2D eigenvalue weighted by molar-refractivity contribution is 14.1. The number of nitrogens with zero attached hydrogens (tertiary/aromatic N) is 1. The number of pyridine rings is 1. The summed E-state index contributed by atoms with van der Waals surface area (Å²) >= 11 is 2.22. The third kappa shape index (κ3) is 3.36. The van der Waals surface area contributed by atoms with E-state index in [0.717, 1.165) is 3.57 Å². The van der Waals surface area contributed by atoms with Crippen LogP contribution in [0.15, 0.2) is 18.3 Å². The van der Waals surface area contributed by atoms with Crippen molar-refractivity contribution in [1.29, 1.82) is 0 Å². The van der Waals surface area contributed by atoms with Crippen molar-refractivity contribution in [1.82, 2.24) is 4.98 Å². The Labute approximate surface area is 85.2 Å². The van der Waals surface area contributed by atoms with Crippen molar-refractivity contribution >= 4 is 22.6 Å². The summed E-state index contributed by atoms with van der Waals surface area (Å²) in [5.41, 5.74) is 0. The van der Waals surface area contributed by atoms with Crippen molar-refractivity contribution in [3.63, 3.8) is 0 Å². The fraction of sp³-hybridized carbons (Fsp3) is 0.375. The molecule has 0 saturated carbocycles. The summed E-state index contributed by atoms with van der Waals surface area (Å²) in [7, 11) is 1.64. The number of methoxy groups -OCH3 is 1. The summed E-state index contributed by atoms with van der Waals surface area (Å²) in [5.74, 6) is 0.652. The minimum Gasteiger partial charge on any atom is -0.475 e. The topological polar surface area (TPSA) is 31.4 Å². The van der Waals surface area contributed by atoms with Crippen LogP contribution >= 0.6 is 22.6 Å². The molecule has 0 spiro atoms. The van der Waals surface area contributed by atoms with Crippen LogP contribution in [0.1, 0.15) is 0 Å². The van der Waals surface area contributed by atoms with Gasteiger partial charge in [-0.25, -0.2) is 4.98 Å². The van der Waals surface area contributed by atoms with Gasteiger partial charge >= 0.3 is 0 Å². The molecule has 0 amide bonds. The maximum atomic E-state index is 5.29. The van der Waals surface area contributed by atoms with Crippen LogP contribution in [0.4, 0.5) is 0 Å². The van der Waals surface area contributed by atoms with Gasteiger partial charge < -0.3 is 9.47 Å². The molecule has 1 heterocycles. The van der Waals surface area contributed by atoms with Crippen molar-refractivity contribution in [2.75, 3.05) is 20.3 Å². The van der Waals surface area contributed by atoms with E-state index in [2.05, 4.69) is 27.6 Å². The van der Waals surface area contributed by atoms with E-state index in [4.69, 9.17) is 9.47 Å². The Kier molecular flexibility index (Phi) is 4.31. The molecule has 0 N–H and O–H groups in total. The molecule has 0 radical (unpaired) electrons.